The predicted octanol–water partition coefficient (Wildman–Crippen LogP) is 5.32. The highest BCUT2D eigenvalue weighted by molar-refractivity contribution is 6.41. The van der Waals surface area contributed by atoms with Crippen molar-refractivity contribution in [1.82, 2.24) is 9.80 Å². The van der Waals surface area contributed by atoms with E-state index in [-0.39, 0.29) is 49.9 Å². The Morgan fingerprint density at radius 1 is 0.500 bits per heavy atom. The molecule has 4 amide bonds. The maximum atomic E-state index is 14.0. The molecule has 56 heavy (non-hydrogen) atoms. The molecule has 0 N–H and O–H groups in total. The molecular formula is C44H46N4O8+2. The van der Waals surface area contributed by atoms with Crippen LogP contribution >= 0.6 is 0 Å². The minimum Gasteiger partial charge on any atom is -0.456 e. The number of likely N-dealkylation sites (N-methyl/N-ethyl adjacent to an activating group) is 2. The summed E-state index contributed by atoms with van der Waals surface area (Å²) in [6.07, 6.45) is 0. The Labute approximate surface area is 324 Å². The number of amides is 4. The van der Waals surface area contributed by atoms with Gasteiger partial charge in [0.25, 0.3) is 23.6 Å². The van der Waals surface area contributed by atoms with E-state index in [4.69, 9.17) is 9.47 Å². The first-order valence-electron chi connectivity index (χ1n) is 18.6. The van der Waals surface area contributed by atoms with Gasteiger partial charge in [0.2, 0.25) is 0 Å². The minimum atomic E-state index is -0.455. The number of rotatable bonds is 14. The van der Waals surface area contributed by atoms with E-state index in [1.165, 1.54) is 9.80 Å². The van der Waals surface area contributed by atoms with E-state index in [1.807, 2.05) is 52.5 Å². The van der Waals surface area contributed by atoms with E-state index >= 15 is 0 Å². The van der Waals surface area contributed by atoms with Crippen LogP contribution in [0.2, 0.25) is 0 Å². The van der Waals surface area contributed by atoms with Crippen LogP contribution in [-0.2, 0) is 19.1 Å². The number of carbonyl (C=O) groups excluding carboxylic acids is 6. The lowest BCUT2D eigenvalue weighted by Crippen LogP contribution is -2.50. The summed E-state index contributed by atoms with van der Waals surface area (Å²) >= 11 is 0. The number of nitrogens with zero attached hydrogens (tertiary/aromatic N) is 4. The van der Waals surface area contributed by atoms with Gasteiger partial charge in [-0.05, 0) is 70.4 Å². The maximum Gasteiger partial charge on any atom is 0.333 e. The van der Waals surface area contributed by atoms with E-state index in [2.05, 4.69) is 13.2 Å². The predicted molar refractivity (Wildman–Crippen MR) is 214 cm³/mol. The average Bonchev–Trinajstić information content (AvgIpc) is 3.14. The van der Waals surface area contributed by atoms with Crippen LogP contribution in [0.25, 0.3) is 43.1 Å². The summed E-state index contributed by atoms with van der Waals surface area (Å²) in [7, 11) is 7.81. The highest BCUT2D eigenvalue weighted by atomic mass is 16.5. The van der Waals surface area contributed by atoms with Crippen molar-refractivity contribution < 1.29 is 47.2 Å². The normalized spacial score (nSPS) is 14.5. The molecular weight excluding hydrogens is 713 g/mol. The quantitative estimate of drug-likeness (QED) is 0.0372. The highest BCUT2D eigenvalue weighted by Gasteiger charge is 2.38. The van der Waals surface area contributed by atoms with Crippen LogP contribution in [-0.4, -0.2) is 135 Å². The third kappa shape index (κ3) is 6.48. The molecule has 0 radical (unpaired) electrons. The largest absolute Gasteiger partial charge is 0.456 e. The molecule has 0 aliphatic carbocycles. The monoisotopic (exact) mass is 758 g/mol. The van der Waals surface area contributed by atoms with E-state index in [9.17, 15) is 28.8 Å². The van der Waals surface area contributed by atoms with Gasteiger partial charge in [-0.1, -0.05) is 37.4 Å². The zero-order chi connectivity index (χ0) is 40.4. The fourth-order valence-electron chi connectivity index (χ4n) is 7.76. The molecule has 2 aliphatic rings. The van der Waals surface area contributed by atoms with E-state index in [1.54, 1.807) is 38.1 Å². The molecule has 2 heterocycles. The maximum absolute atomic E-state index is 14.0. The van der Waals surface area contributed by atoms with Crippen molar-refractivity contribution in [2.45, 2.75) is 13.8 Å². The lowest BCUT2D eigenvalue weighted by atomic mass is 9.82. The van der Waals surface area contributed by atoms with E-state index in [0.717, 1.165) is 32.3 Å². The molecule has 7 rings (SSSR count). The first kappa shape index (κ1) is 38.3. The molecule has 5 aromatic carbocycles. The molecule has 0 saturated carbocycles. The number of benzene rings is 5. The van der Waals surface area contributed by atoms with Gasteiger partial charge in [-0.25, -0.2) is 9.59 Å². The molecule has 0 spiro atoms. The second-order valence-corrected chi connectivity index (χ2v) is 16.3. The molecule has 0 atom stereocenters. The lowest BCUT2D eigenvalue weighted by molar-refractivity contribution is -0.889. The molecule has 12 nitrogen and oxygen atoms in total. The molecule has 0 fully saturated rings. The number of hydrogen-bond acceptors (Lipinski definition) is 8. The fraction of sp³-hybridized carbons (Fsp3) is 0.318. The van der Waals surface area contributed by atoms with Crippen LogP contribution in [0.3, 0.4) is 0 Å². The Kier molecular flexibility index (Phi) is 9.54. The molecule has 5 aromatic rings. The van der Waals surface area contributed by atoms with Crippen LogP contribution in [0, 0.1) is 0 Å². The van der Waals surface area contributed by atoms with E-state index in [0.29, 0.717) is 79.3 Å². The third-order valence-electron chi connectivity index (χ3n) is 11.2. The standard InChI is InChI=1S/C44H46N4O8/c1-25(2)43(53)55-23-21-47(5,6)19-17-45-39(49)31-13-9-27-29-11-15-33-38-34(16-12-30(36(29)38)28-10-14-32(40(45)50)37(31)35(27)28)42(52)46(41(33)51)18-20-48(7,8)22-24-56-44(54)26(3)4/h9-16H,1,3,17-24H2,2,4-8H3/q+2. The zero-order valence-electron chi connectivity index (χ0n) is 32.7. The van der Waals surface area contributed by atoms with Gasteiger partial charge in [0.1, 0.15) is 26.3 Å². The Hall–Kier alpha value is -5.98. The molecule has 0 bridgehead atoms. The summed E-state index contributed by atoms with van der Waals surface area (Å²) < 4.78 is 11.4. The van der Waals surface area contributed by atoms with Gasteiger partial charge in [0.15, 0.2) is 0 Å². The number of hydrogen-bond donors (Lipinski definition) is 0. The smallest absolute Gasteiger partial charge is 0.333 e. The molecule has 12 heteroatoms. The van der Waals surface area contributed by atoms with Crippen molar-refractivity contribution in [1.29, 1.82) is 0 Å². The topological polar surface area (TPSA) is 127 Å². The molecule has 0 saturated heterocycles. The van der Waals surface area contributed by atoms with Crippen LogP contribution < -0.4 is 0 Å². The van der Waals surface area contributed by atoms with Gasteiger partial charge in [-0.2, -0.15) is 0 Å². The first-order chi connectivity index (χ1) is 26.4. The summed E-state index contributed by atoms with van der Waals surface area (Å²) in [5.41, 5.74) is 2.39. The van der Waals surface area contributed by atoms with Crippen molar-refractivity contribution >= 4 is 78.7 Å². The highest BCUT2D eigenvalue weighted by Crippen LogP contribution is 2.46. The van der Waals surface area contributed by atoms with E-state index < -0.39 is 11.9 Å². The number of esters is 2. The first-order valence-corrected chi connectivity index (χ1v) is 18.6. The van der Waals surface area contributed by atoms with Gasteiger partial charge < -0.3 is 18.4 Å². The lowest BCUT2D eigenvalue weighted by Gasteiger charge is -2.34. The SMILES string of the molecule is C=C(C)C(=O)OCC[N+](C)(C)CCN1C(=O)c2ccc3c4ccc5c6c(ccc(c7ccc(c2c37)C1=O)c64)C(=O)N(CC[N+](C)(C)CCOC(=O)C(=C)C)C5=O. The Morgan fingerprint density at radius 2 is 0.786 bits per heavy atom. The van der Waals surface area contributed by atoms with Crippen molar-refractivity contribution in [3.63, 3.8) is 0 Å². The number of fused-ring (bicyclic) bond motifs is 2. The fourth-order valence-corrected chi connectivity index (χ4v) is 7.76. The number of quaternary nitrogens is 2. The molecule has 0 aromatic heterocycles. The van der Waals surface area contributed by atoms with Crippen LogP contribution in [0.15, 0.2) is 72.8 Å². The Bertz CT molecular complexity index is 2290. The van der Waals surface area contributed by atoms with Crippen molar-refractivity contribution in [2.75, 3.05) is 80.7 Å². The van der Waals surface area contributed by atoms with Crippen molar-refractivity contribution in [3.8, 4) is 0 Å². The van der Waals surface area contributed by atoms with Crippen LogP contribution in [0.4, 0.5) is 0 Å². The Balaban J connectivity index is 1.19. The summed E-state index contributed by atoms with van der Waals surface area (Å²) in [4.78, 5) is 82.5. The van der Waals surface area contributed by atoms with Gasteiger partial charge >= 0.3 is 11.9 Å². The minimum absolute atomic E-state index is 0.178. The third-order valence-corrected chi connectivity index (χ3v) is 11.2. The molecule has 288 valence electrons. The van der Waals surface area contributed by atoms with Gasteiger partial charge in [-0.3, -0.25) is 29.0 Å². The number of carbonyl (C=O) groups is 6. The van der Waals surface area contributed by atoms with Crippen molar-refractivity contribution in [2.24, 2.45) is 0 Å². The zero-order valence-corrected chi connectivity index (χ0v) is 32.7. The summed E-state index contributed by atoms with van der Waals surface area (Å²) in [6, 6.07) is 14.6. The Morgan fingerprint density at radius 3 is 1.05 bits per heavy atom. The number of ether oxygens (including phenoxy) is 2. The summed E-state index contributed by atoms with van der Waals surface area (Å²) in [5, 5.41) is 6.05. The van der Waals surface area contributed by atoms with Gasteiger partial charge in [0.05, 0.1) is 54.4 Å². The molecule has 2 aliphatic heterocycles. The van der Waals surface area contributed by atoms with Crippen LogP contribution in [0.5, 0.6) is 0 Å². The second-order valence-electron chi connectivity index (χ2n) is 16.3. The van der Waals surface area contributed by atoms with Gasteiger partial charge in [-0.15, -0.1) is 0 Å². The second kappa shape index (κ2) is 13.9. The van der Waals surface area contributed by atoms with Crippen LogP contribution in [0.1, 0.15) is 55.3 Å². The summed E-state index contributed by atoms with van der Waals surface area (Å²) in [5.74, 6) is -2.40. The van der Waals surface area contributed by atoms with Crippen molar-refractivity contribution in [3.05, 3.63) is 95.1 Å². The molecule has 0 unspecified atom stereocenters. The summed E-state index contributed by atoms with van der Waals surface area (Å²) in [6.45, 7) is 13.0. The number of imide groups is 2. The average molecular weight is 759 g/mol. The van der Waals surface area contributed by atoms with Gasteiger partial charge in [0, 0.05) is 44.2 Å².